The van der Waals surface area contributed by atoms with E-state index >= 15 is 0 Å². The molecule has 0 saturated heterocycles. The molecule has 17 heavy (non-hydrogen) atoms. The van der Waals surface area contributed by atoms with Gasteiger partial charge in [0.1, 0.15) is 16.7 Å². The fraction of sp³-hybridized carbons (Fsp3) is 0.0833. The molecule has 88 valence electrons. The van der Waals surface area contributed by atoms with Crippen molar-refractivity contribution in [1.82, 2.24) is 4.98 Å². The van der Waals surface area contributed by atoms with E-state index in [1.165, 1.54) is 12.1 Å². The highest BCUT2D eigenvalue weighted by atomic mass is 32.2. The Morgan fingerprint density at radius 2 is 2.00 bits per heavy atom. The van der Waals surface area contributed by atoms with Crippen molar-refractivity contribution in [3.05, 3.63) is 53.7 Å². The molecule has 0 fully saturated rings. The number of benzene rings is 1. The fourth-order valence-corrected chi connectivity index (χ4v) is 2.15. The van der Waals surface area contributed by atoms with Crippen LogP contribution in [0.3, 0.4) is 0 Å². The van der Waals surface area contributed by atoms with Crippen LogP contribution in [0.4, 0.5) is 8.78 Å². The van der Waals surface area contributed by atoms with Crippen LogP contribution in [-0.4, -0.2) is 4.98 Å². The maximum atomic E-state index is 13.4. The van der Waals surface area contributed by atoms with Gasteiger partial charge in [-0.2, -0.15) is 0 Å². The standard InChI is InChI=1S/C12H10F2N2S/c13-9-1-2-11(10(14)6-9)17-12-5-8(7-15)3-4-16-12/h1-6H,7,15H2. The summed E-state index contributed by atoms with van der Waals surface area (Å²) in [5.74, 6) is -1.18. The summed E-state index contributed by atoms with van der Waals surface area (Å²) in [5.41, 5.74) is 6.42. The Bertz CT molecular complexity index is 532. The molecule has 1 aromatic heterocycles. The molecule has 0 spiro atoms. The van der Waals surface area contributed by atoms with Gasteiger partial charge < -0.3 is 5.73 Å². The number of aromatic nitrogens is 1. The van der Waals surface area contributed by atoms with Crippen LogP contribution in [0.5, 0.6) is 0 Å². The zero-order chi connectivity index (χ0) is 12.3. The Kier molecular flexibility index (Phi) is 3.71. The van der Waals surface area contributed by atoms with Crippen LogP contribution in [0.15, 0.2) is 46.5 Å². The number of pyridine rings is 1. The van der Waals surface area contributed by atoms with Crippen LogP contribution >= 0.6 is 11.8 Å². The topological polar surface area (TPSA) is 38.9 Å². The number of hydrogen-bond donors (Lipinski definition) is 1. The molecular weight excluding hydrogens is 242 g/mol. The van der Waals surface area contributed by atoms with Crippen LogP contribution < -0.4 is 5.73 Å². The van der Waals surface area contributed by atoms with E-state index in [4.69, 9.17) is 5.73 Å². The minimum absolute atomic E-state index is 0.341. The van der Waals surface area contributed by atoms with Crippen molar-refractivity contribution in [2.24, 2.45) is 5.73 Å². The van der Waals surface area contributed by atoms with Gasteiger partial charge in [0.25, 0.3) is 0 Å². The van der Waals surface area contributed by atoms with Gasteiger partial charge in [-0.15, -0.1) is 0 Å². The zero-order valence-electron chi connectivity index (χ0n) is 8.86. The predicted octanol–water partition coefficient (Wildman–Crippen LogP) is 2.97. The highest BCUT2D eigenvalue weighted by Gasteiger charge is 2.06. The lowest BCUT2D eigenvalue weighted by Crippen LogP contribution is -1.96. The first-order valence-electron chi connectivity index (χ1n) is 4.97. The molecule has 0 saturated carbocycles. The molecule has 1 heterocycles. The molecule has 2 aromatic rings. The van der Waals surface area contributed by atoms with E-state index in [0.29, 0.717) is 16.5 Å². The van der Waals surface area contributed by atoms with Crippen LogP contribution in [-0.2, 0) is 6.54 Å². The van der Waals surface area contributed by atoms with Gasteiger partial charge in [-0.1, -0.05) is 11.8 Å². The molecule has 0 aliphatic carbocycles. The normalized spacial score (nSPS) is 10.5. The Morgan fingerprint density at radius 3 is 2.71 bits per heavy atom. The van der Waals surface area contributed by atoms with Gasteiger partial charge in [0.05, 0.1) is 0 Å². The third kappa shape index (κ3) is 3.01. The second-order valence-electron chi connectivity index (χ2n) is 3.38. The summed E-state index contributed by atoms with van der Waals surface area (Å²) in [6, 6.07) is 7.05. The quantitative estimate of drug-likeness (QED) is 0.912. The summed E-state index contributed by atoms with van der Waals surface area (Å²) < 4.78 is 26.1. The first-order chi connectivity index (χ1) is 8.19. The summed E-state index contributed by atoms with van der Waals surface area (Å²) in [4.78, 5) is 4.43. The summed E-state index contributed by atoms with van der Waals surface area (Å²) >= 11 is 1.14. The van der Waals surface area contributed by atoms with Crippen molar-refractivity contribution < 1.29 is 8.78 Å². The van der Waals surface area contributed by atoms with Gasteiger partial charge in [0.2, 0.25) is 0 Å². The molecule has 1 aromatic carbocycles. The van der Waals surface area contributed by atoms with E-state index in [0.717, 1.165) is 23.4 Å². The molecule has 0 atom stereocenters. The number of halogens is 2. The average molecular weight is 252 g/mol. The lowest BCUT2D eigenvalue weighted by atomic mass is 10.3. The number of nitrogens with two attached hydrogens (primary N) is 1. The average Bonchev–Trinajstić information content (AvgIpc) is 2.33. The van der Waals surface area contributed by atoms with E-state index < -0.39 is 11.6 Å². The van der Waals surface area contributed by atoms with Gasteiger partial charge in [-0.25, -0.2) is 13.8 Å². The Labute approximate surface area is 102 Å². The van der Waals surface area contributed by atoms with Crippen LogP contribution in [0.1, 0.15) is 5.56 Å². The summed E-state index contributed by atoms with van der Waals surface area (Å²) in [6.45, 7) is 0.405. The summed E-state index contributed by atoms with van der Waals surface area (Å²) in [5, 5.41) is 0.637. The van der Waals surface area contributed by atoms with E-state index in [1.807, 2.05) is 0 Å². The predicted molar refractivity (Wildman–Crippen MR) is 62.6 cm³/mol. The molecule has 0 bridgehead atoms. The lowest BCUT2D eigenvalue weighted by Gasteiger charge is -2.04. The third-order valence-corrected chi connectivity index (χ3v) is 3.13. The molecule has 2 nitrogen and oxygen atoms in total. The second kappa shape index (κ2) is 5.25. The largest absolute Gasteiger partial charge is 0.326 e. The number of nitrogens with zero attached hydrogens (tertiary/aromatic N) is 1. The fourth-order valence-electron chi connectivity index (χ4n) is 1.30. The second-order valence-corrected chi connectivity index (χ2v) is 4.45. The van der Waals surface area contributed by atoms with E-state index in [1.54, 1.807) is 18.3 Å². The van der Waals surface area contributed by atoms with Crippen molar-refractivity contribution in [3.8, 4) is 0 Å². The van der Waals surface area contributed by atoms with Crippen molar-refractivity contribution in [1.29, 1.82) is 0 Å². The van der Waals surface area contributed by atoms with Gasteiger partial charge in [0.15, 0.2) is 0 Å². The SMILES string of the molecule is NCc1ccnc(Sc2ccc(F)cc2F)c1. The molecular formula is C12H10F2N2S. The Balaban J connectivity index is 2.25. The van der Waals surface area contributed by atoms with Crippen molar-refractivity contribution in [3.63, 3.8) is 0 Å². The molecule has 0 unspecified atom stereocenters. The third-order valence-electron chi connectivity index (χ3n) is 2.14. The molecule has 2 rings (SSSR count). The first-order valence-corrected chi connectivity index (χ1v) is 5.78. The molecule has 5 heteroatoms. The molecule has 0 radical (unpaired) electrons. The lowest BCUT2D eigenvalue weighted by molar-refractivity contribution is 0.565. The summed E-state index contributed by atoms with van der Waals surface area (Å²) in [6.07, 6.45) is 1.62. The van der Waals surface area contributed by atoms with Crippen molar-refractivity contribution in [2.75, 3.05) is 0 Å². The van der Waals surface area contributed by atoms with Crippen molar-refractivity contribution >= 4 is 11.8 Å². The molecule has 0 amide bonds. The van der Waals surface area contributed by atoms with Crippen LogP contribution in [0.2, 0.25) is 0 Å². The Morgan fingerprint density at radius 1 is 1.18 bits per heavy atom. The minimum Gasteiger partial charge on any atom is -0.326 e. The molecule has 0 aliphatic rings. The zero-order valence-corrected chi connectivity index (χ0v) is 9.68. The van der Waals surface area contributed by atoms with Crippen LogP contribution in [0.25, 0.3) is 0 Å². The Hall–Kier alpha value is -1.46. The highest BCUT2D eigenvalue weighted by Crippen LogP contribution is 2.28. The van der Waals surface area contributed by atoms with Gasteiger partial charge in [-0.3, -0.25) is 0 Å². The van der Waals surface area contributed by atoms with Gasteiger partial charge in [-0.05, 0) is 29.8 Å². The van der Waals surface area contributed by atoms with Gasteiger partial charge in [0, 0.05) is 23.7 Å². The van der Waals surface area contributed by atoms with Crippen molar-refractivity contribution in [2.45, 2.75) is 16.5 Å². The van der Waals surface area contributed by atoms with E-state index in [2.05, 4.69) is 4.98 Å². The number of rotatable bonds is 3. The maximum Gasteiger partial charge on any atom is 0.140 e. The molecule has 0 aliphatic heterocycles. The molecule has 2 N–H and O–H groups in total. The van der Waals surface area contributed by atoms with E-state index in [9.17, 15) is 8.78 Å². The smallest absolute Gasteiger partial charge is 0.140 e. The summed E-state index contributed by atoms with van der Waals surface area (Å²) in [7, 11) is 0. The maximum absolute atomic E-state index is 13.4. The van der Waals surface area contributed by atoms with Crippen LogP contribution in [0, 0.1) is 11.6 Å². The van der Waals surface area contributed by atoms with E-state index in [-0.39, 0.29) is 0 Å². The van der Waals surface area contributed by atoms with Gasteiger partial charge >= 0.3 is 0 Å². The minimum atomic E-state index is -0.588. The highest BCUT2D eigenvalue weighted by molar-refractivity contribution is 7.99. The first kappa shape index (κ1) is 12.0. The number of hydrogen-bond acceptors (Lipinski definition) is 3. The monoisotopic (exact) mass is 252 g/mol.